The summed E-state index contributed by atoms with van der Waals surface area (Å²) in [6.45, 7) is 0.992. The molecule has 22 heavy (non-hydrogen) atoms. The minimum absolute atomic E-state index is 0.0644. The minimum Gasteiger partial charge on any atom is -0.301 e. The fourth-order valence-corrected chi connectivity index (χ4v) is 3.13. The van der Waals surface area contributed by atoms with Crippen LogP contribution in [0.2, 0.25) is 0 Å². The molecule has 6 nitrogen and oxygen atoms in total. The molecule has 3 rings (SSSR count). The lowest BCUT2D eigenvalue weighted by molar-refractivity contribution is -0.117. The van der Waals surface area contributed by atoms with Gasteiger partial charge in [-0.05, 0) is 19.2 Å². The van der Waals surface area contributed by atoms with Gasteiger partial charge in [0.2, 0.25) is 5.91 Å². The predicted molar refractivity (Wildman–Crippen MR) is 87.8 cm³/mol. The number of hydrogen-bond acceptors (Lipinski definition) is 5. The van der Waals surface area contributed by atoms with Gasteiger partial charge in [-0.15, -0.1) is 0 Å². The molecule has 3 aromatic rings. The molecule has 2 aromatic heterocycles. The molecule has 0 saturated heterocycles. The number of rotatable bonds is 5. The number of anilines is 1. The monoisotopic (exact) mass is 315 g/mol. The van der Waals surface area contributed by atoms with Crippen LogP contribution in [-0.4, -0.2) is 39.2 Å². The third kappa shape index (κ3) is 3.49. The lowest BCUT2D eigenvalue weighted by atomic mass is 10.3. The number of amides is 1. The molecule has 0 atom stereocenters. The zero-order chi connectivity index (χ0) is 15.5. The van der Waals surface area contributed by atoms with Crippen molar-refractivity contribution in [2.24, 2.45) is 7.05 Å². The molecule has 0 bridgehead atoms. The average molecular weight is 315 g/mol. The molecule has 0 fully saturated rings. The average Bonchev–Trinajstić information content (AvgIpc) is 3.03. The molecule has 0 aliphatic carbocycles. The van der Waals surface area contributed by atoms with E-state index in [1.165, 1.54) is 11.3 Å². The lowest BCUT2D eigenvalue weighted by Gasteiger charge is -2.14. The Labute approximate surface area is 132 Å². The Hall–Kier alpha value is -2.25. The van der Waals surface area contributed by atoms with Crippen LogP contribution >= 0.6 is 11.3 Å². The van der Waals surface area contributed by atoms with Crippen molar-refractivity contribution in [3.8, 4) is 0 Å². The SMILES string of the molecule is CN(CC(=O)Nc1nc2ccccc2s1)Cc1cnn(C)c1. The van der Waals surface area contributed by atoms with E-state index in [0.29, 0.717) is 18.2 Å². The highest BCUT2D eigenvalue weighted by molar-refractivity contribution is 7.22. The summed E-state index contributed by atoms with van der Waals surface area (Å²) in [5.41, 5.74) is 1.99. The number of benzene rings is 1. The van der Waals surface area contributed by atoms with E-state index in [9.17, 15) is 4.79 Å². The van der Waals surface area contributed by atoms with Crippen molar-refractivity contribution in [1.29, 1.82) is 0 Å². The minimum atomic E-state index is -0.0644. The third-order valence-corrected chi connectivity index (χ3v) is 4.12. The van der Waals surface area contributed by atoms with Gasteiger partial charge >= 0.3 is 0 Å². The Balaban J connectivity index is 1.57. The molecule has 1 amide bonds. The van der Waals surface area contributed by atoms with Crippen molar-refractivity contribution in [2.45, 2.75) is 6.54 Å². The van der Waals surface area contributed by atoms with Gasteiger partial charge in [-0.25, -0.2) is 4.98 Å². The molecule has 0 radical (unpaired) electrons. The second-order valence-electron chi connectivity index (χ2n) is 5.23. The van der Waals surface area contributed by atoms with Crippen LogP contribution in [0.1, 0.15) is 5.56 Å². The number of nitrogens with zero attached hydrogens (tertiary/aromatic N) is 4. The summed E-state index contributed by atoms with van der Waals surface area (Å²) in [6.07, 6.45) is 3.75. The number of carbonyl (C=O) groups is 1. The topological polar surface area (TPSA) is 63.1 Å². The molecule has 2 heterocycles. The van der Waals surface area contributed by atoms with Gasteiger partial charge in [0.15, 0.2) is 5.13 Å². The van der Waals surface area contributed by atoms with Gasteiger partial charge in [-0.2, -0.15) is 5.10 Å². The fraction of sp³-hybridized carbons (Fsp3) is 0.267. The van der Waals surface area contributed by atoms with E-state index in [2.05, 4.69) is 15.4 Å². The summed E-state index contributed by atoms with van der Waals surface area (Å²) in [5, 5.41) is 7.62. The molecular formula is C15H17N5OS. The summed E-state index contributed by atoms with van der Waals surface area (Å²) in [7, 11) is 3.79. The maximum atomic E-state index is 12.1. The van der Waals surface area contributed by atoms with E-state index < -0.39 is 0 Å². The third-order valence-electron chi connectivity index (χ3n) is 3.16. The van der Waals surface area contributed by atoms with Crippen LogP contribution in [0.25, 0.3) is 10.2 Å². The van der Waals surface area contributed by atoms with E-state index in [0.717, 1.165) is 15.8 Å². The van der Waals surface area contributed by atoms with Gasteiger partial charge in [0, 0.05) is 25.4 Å². The van der Waals surface area contributed by atoms with Crippen molar-refractivity contribution in [1.82, 2.24) is 19.7 Å². The molecule has 0 aliphatic heterocycles. The lowest BCUT2D eigenvalue weighted by Crippen LogP contribution is -2.29. The number of thiazole rings is 1. The number of carbonyl (C=O) groups excluding carboxylic acids is 1. The first kappa shape index (κ1) is 14.7. The number of likely N-dealkylation sites (N-methyl/N-ethyl adjacent to an activating group) is 1. The Morgan fingerprint density at radius 2 is 2.23 bits per heavy atom. The van der Waals surface area contributed by atoms with Gasteiger partial charge < -0.3 is 5.32 Å². The zero-order valence-corrected chi connectivity index (χ0v) is 13.3. The Morgan fingerprint density at radius 3 is 2.95 bits per heavy atom. The van der Waals surface area contributed by atoms with Crippen molar-refractivity contribution in [3.63, 3.8) is 0 Å². The number of para-hydroxylation sites is 1. The molecule has 0 saturated carbocycles. The molecule has 114 valence electrons. The first-order valence-electron chi connectivity index (χ1n) is 6.91. The normalized spacial score (nSPS) is 11.2. The highest BCUT2D eigenvalue weighted by Gasteiger charge is 2.11. The van der Waals surface area contributed by atoms with E-state index in [1.807, 2.05) is 55.7 Å². The maximum absolute atomic E-state index is 12.1. The van der Waals surface area contributed by atoms with E-state index in [1.54, 1.807) is 4.68 Å². The number of aromatic nitrogens is 3. The van der Waals surface area contributed by atoms with E-state index in [-0.39, 0.29) is 5.91 Å². The zero-order valence-electron chi connectivity index (χ0n) is 12.5. The van der Waals surface area contributed by atoms with Gasteiger partial charge in [-0.3, -0.25) is 14.4 Å². The van der Waals surface area contributed by atoms with Gasteiger partial charge in [0.05, 0.1) is 23.0 Å². The summed E-state index contributed by atoms with van der Waals surface area (Å²) in [4.78, 5) is 18.4. The summed E-state index contributed by atoms with van der Waals surface area (Å²) < 4.78 is 2.83. The Morgan fingerprint density at radius 1 is 1.41 bits per heavy atom. The summed E-state index contributed by atoms with van der Waals surface area (Å²) in [6, 6.07) is 7.84. The van der Waals surface area contributed by atoms with Gasteiger partial charge in [0.1, 0.15) is 0 Å². The highest BCUT2D eigenvalue weighted by Crippen LogP contribution is 2.25. The molecule has 0 spiro atoms. The number of aryl methyl sites for hydroxylation is 1. The number of hydrogen-bond donors (Lipinski definition) is 1. The molecule has 1 aromatic carbocycles. The number of fused-ring (bicyclic) bond motifs is 1. The van der Waals surface area contributed by atoms with Gasteiger partial charge in [-0.1, -0.05) is 23.5 Å². The second kappa shape index (κ2) is 6.25. The molecule has 0 unspecified atom stereocenters. The molecular weight excluding hydrogens is 298 g/mol. The maximum Gasteiger partial charge on any atom is 0.240 e. The predicted octanol–water partition coefficient (Wildman–Crippen LogP) is 2.10. The quantitative estimate of drug-likeness (QED) is 0.783. The van der Waals surface area contributed by atoms with Crippen LogP contribution < -0.4 is 5.32 Å². The number of nitrogens with one attached hydrogen (secondary N) is 1. The smallest absolute Gasteiger partial charge is 0.240 e. The van der Waals surface area contributed by atoms with Crippen LogP contribution in [0.5, 0.6) is 0 Å². The summed E-state index contributed by atoms with van der Waals surface area (Å²) >= 11 is 1.49. The van der Waals surface area contributed by atoms with Crippen LogP contribution in [0.3, 0.4) is 0 Å². The summed E-state index contributed by atoms with van der Waals surface area (Å²) in [5.74, 6) is -0.0644. The second-order valence-corrected chi connectivity index (χ2v) is 6.26. The van der Waals surface area contributed by atoms with Gasteiger partial charge in [0.25, 0.3) is 0 Å². The Kier molecular flexibility index (Phi) is 4.17. The van der Waals surface area contributed by atoms with Crippen molar-refractivity contribution < 1.29 is 4.79 Å². The van der Waals surface area contributed by atoms with Crippen molar-refractivity contribution >= 4 is 32.6 Å². The van der Waals surface area contributed by atoms with Crippen LogP contribution in [0.15, 0.2) is 36.7 Å². The van der Waals surface area contributed by atoms with E-state index in [4.69, 9.17) is 0 Å². The Bertz CT molecular complexity index is 761. The van der Waals surface area contributed by atoms with Crippen molar-refractivity contribution in [3.05, 3.63) is 42.2 Å². The van der Waals surface area contributed by atoms with E-state index >= 15 is 0 Å². The molecule has 0 aliphatic rings. The van der Waals surface area contributed by atoms with Crippen LogP contribution in [0, 0.1) is 0 Å². The first-order chi connectivity index (χ1) is 10.6. The molecule has 1 N–H and O–H groups in total. The van der Waals surface area contributed by atoms with Crippen molar-refractivity contribution in [2.75, 3.05) is 18.9 Å². The van der Waals surface area contributed by atoms with Crippen LogP contribution in [-0.2, 0) is 18.4 Å². The first-order valence-corrected chi connectivity index (χ1v) is 7.73. The largest absolute Gasteiger partial charge is 0.301 e. The standard InChI is InChI=1S/C15H17N5OS/c1-19(8-11-7-16-20(2)9-11)10-14(21)18-15-17-12-5-3-4-6-13(12)22-15/h3-7,9H,8,10H2,1-2H3,(H,17,18,21). The highest BCUT2D eigenvalue weighted by atomic mass is 32.1. The fourth-order valence-electron chi connectivity index (χ4n) is 2.25. The van der Waals surface area contributed by atoms with Crippen LogP contribution in [0.4, 0.5) is 5.13 Å². The molecule has 7 heteroatoms.